The van der Waals surface area contributed by atoms with E-state index in [2.05, 4.69) is 39.0 Å². The van der Waals surface area contributed by atoms with E-state index in [9.17, 15) is 4.79 Å². The smallest absolute Gasteiger partial charge is 0.243 e. The number of hydrogen-bond acceptors (Lipinski definition) is 5. The molecule has 1 saturated heterocycles. The fourth-order valence-electron chi connectivity index (χ4n) is 4.96. The van der Waals surface area contributed by atoms with E-state index < -0.39 is 0 Å². The number of nitrogens with zero attached hydrogens (tertiary/aromatic N) is 4. The highest BCUT2D eigenvalue weighted by Gasteiger charge is 2.36. The first-order valence-corrected chi connectivity index (χ1v) is 12.2. The lowest BCUT2D eigenvalue weighted by Crippen LogP contribution is -2.49. The van der Waals surface area contributed by atoms with Crippen molar-refractivity contribution in [3.63, 3.8) is 0 Å². The molecule has 2 fully saturated rings. The van der Waals surface area contributed by atoms with Gasteiger partial charge in [0.25, 0.3) is 0 Å². The van der Waals surface area contributed by atoms with Gasteiger partial charge in [-0.3, -0.25) is 4.79 Å². The number of allylic oxidation sites excluding steroid dienone is 1. The predicted octanol–water partition coefficient (Wildman–Crippen LogP) is 3.04. The Morgan fingerprint density at radius 3 is 2.67 bits per heavy atom. The van der Waals surface area contributed by atoms with E-state index in [-0.39, 0.29) is 11.8 Å². The van der Waals surface area contributed by atoms with Crippen molar-refractivity contribution < 1.29 is 4.79 Å². The van der Waals surface area contributed by atoms with E-state index in [1.54, 1.807) is 6.21 Å². The molecule has 3 aliphatic rings. The Balaban J connectivity index is 1.18. The number of nitrogens with one attached hydrogen (secondary N) is 2. The summed E-state index contributed by atoms with van der Waals surface area (Å²) in [6.45, 7) is 2.29. The van der Waals surface area contributed by atoms with Crippen molar-refractivity contribution in [1.29, 1.82) is 5.26 Å². The third kappa shape index (κ3) is 5.91. The van der Waals surface area contributed by atoms with Crippen molar-refractivity contribution in [1.82, 2.24) is 15.6 Å². The summed E-state index contributed by atoms with van der Waals surface area (Å²) < 4.78 is 0. The Morgan fingerprint density at radius 2 is 2.03 bits per heavy atom. The van der Waals surface area contributed by atoms with E-state index in [1.165, 1.54) is 12.8 Å². The summed E-state index contributed by atoms with van der Waals surface area (Å²) in [7, 11) is 1.96. The number of carbonyl (C=O) groups excluding carboxylic acids is 1. The maximum absolute atomic E-state index is 12.5. The zero-order valence-electron chi connectivity index (χ0n) is 19.1. The average Bonchev–Trinajstić information content (AvgIpc) is 3.46. The molecule has 8 heteroatoms. The summed E-state index contributed by atoms with van der Waals surface area (Å²) >= 11 is 5.65. The lowest BCUT2D eigenvalue weighted by molar-refractivity contribution is -0.126. The van der Waals surface area contributed by atoms with Crippen molar-refractivity contribution >= 4 is 35.1 Å². The van der Waals surface area contributed by atoms with E-state index in [4.69, 9.17) is 17.5 Å². The molecular weight excluding hydrogens is 432 g/mol. The van der Waals surface area contributed by atoms with Crippen molar-refractivity contribution in [2.75, 3.05) is 31.6 Å². The molecule has 7 nitrogen and oxygen atoms in total. The summed E-state index contributed by atoms with van der Waals surface area (Å²) in [6.07, 6.45) is 10.8. The molecule has 1 amide bonds. The minimum atomic E-state index is -0.0391. The maximum atomic E-state index is 12.5. The molecule has 3 atom stereocenters. The van der Waals surface area contributed by atoms with Gasteiger partial charge in [-0.1, -0.05) is 24.3 Å². The molecule has 4 rings (SSSR count). The van der Waals surface area contributed by atoms with Gasteiger partial charge in [0.05, 0.1) is 18.7 Å². The lowest BCUT2D eigenvalue weighted by Gasteiger charge is -2.35. The van der Waals surface area contributed by atoms with E-state index in [1.807, 2.05) is 36.2 Å². The van der Waals surface area contributed by atoms with Crippen LogP contribution in [0.15, 0.2) is 41.5 Å². The number of likely N-dealkylation sites (tertiary alicyclic amines) is 1. The first-order valence-electron chi connectivity index (χ1n) is 11.8. The first-order chi connectivity index (χ1) is 16.0. The highest BCUT2D eigenvalue weighted by molar-refractivity contribution is 7.80. The van der Waals surface area contributed by atoms with Gasteiger partial charge >= 0.3 is 0 Å². The third-order valence-electron chi connectivity index (χ3n) is 7.02. The van der Waals surface area contributed by atoms with Crippen LogP contribution in [0.25, 0.3) is 0 Å². The number of thiocarbonyl (C=S) groups is 1. The molecule has 1 aromatic carbocycles. The fraction of sp³-hybridized carbons (Fsp3) is 0.520. The maximum Gasteiger partial charge on any atom is 0.243 e. The highest BCUT2D eigenvalue weighted by atomic mass is 32.1. The van der Waals surface area contributed by atoms with Crippen LogP contribution in [-0.2, 0) is 4.79 Å². The standard InChI is InChI=1S/C25H32N6OS/c1-30(12-2-11-26)22-7-4-18(5-8-22)17-27-29-24(32)20-9-13-31(14-10-20)25(33)28-23-16-19-3-6-21(23)15-19/h3-8,17,19-21,23H,2,9-10,12-16H2,1H3,(H,28,33)(H,29,32)/b27-17-/t19-,21-,23-/m1/s1. The monoisotopic (exact) mass is 464 g/mol. The SMILES string of the molecule is CN(CCC#N)c1ccc(/C=N\NC(=O)C2CCN(C(=S)N[C@@H]3C[C@@H]4C=C[C@@H]3C4)CC2)cc1. The van der Waals surface area contributed by atoms with Crippen molar-refractivity contribution in [2.45, 2.75) is 38.1 Å². The van der Waals surface area contributed by atoms with E-state index >= 15 is 0 Å². The molecule has 1 saturated carbocycles. The summed E-state index contributed by atoms with van der Waals surface area (Å²) in [5, 5.41) is 17.2. The van der Waals surface area contributed by atoms with Crippen molar-refractivity contribution in [3.8, 4) is 6.07 Å². The van der Waals surface area contributed by atoms with E-state index in [0.717, 1.165) is 48.2 Å². The van der Waals surface area contributed by atoms with Crippen LogP contribution in [0, 0.1) is 29.1 Å². The molecule has 174 valence electrons. The van der Waals surface area contributed by atoms with Gasteiger partial charge in [-0.05, 0) is 67.4 Å². The normalized spacial score (nSPS) is 24.1. The minimum Gasteiger partial charge on any atom is -0.374 e. The average molecular weight is 465 g/mol. The molecule has 1 aliphatic heterocycles. The molecular formula is C25H32N6OS. The Kier molecular flexibility index (Phi) is 7.61. The topological polar surface area (TPSA) is 83.8 Å². The summed E-state index contributed by atoms with van der Waals surface area (Å²) in [5.41, 5.74) is 4.65. The molecule has 2 N–H and O–H groups in total. The van der Waals surface area contributed by atoms with Crippen molar-refractivity contribution in [2.24, 2.45) is 22.9 Å². The van der Waals surface area contributed by atoms with Crippen LogP contribution < -0.4 is 15.6 Å². The molecule has 2 bridgehead atoms. The van der Waals surface area contributed by atoms with Crippen LogP contribution in [0.2, 0.25) is 0 Å². The number of piperidine rings is 1. The fourth-order valence-corrected chi connectivity index (χ4v) is 5.30. The Bertz CT molecular complexity index is 945. The Labute approximate surface area is 201 Å². The van der Waals surface area contributed by atoms with Crippen LogP contribution >= 0.6 is 12.2 Å². The summed E-state index contributed by atoms with van der Waals surface area (Å²) in [6, 6.07) is 10.5. The predicted molar refractivity (Wildman–Crippen MR) is 135 cm³/mol. The molecule has 0 radical (unpaired) electrons. The van der Waals surface area contributed by atoms with Crippen LogP contribution in [0.4, 0.5) is 5.69 Å². The van der Waals surface area contributed by atoms with Gasteiger partial charge in [-0.15, -0.1) is 0 Å². The number of benzene rings is 1. The minimum absolute atomic E-state index is 0.0316. The molecule has 0 unspecified atom stereocenters. The zero-order chi connectivity index (χ0) is 23.2. The number of anilines is 1. The van der Waals surface area contributed by atoms with Gasteiger partial charge in [0.15, 0.2) is 5.11 Å². The number of hydrazone groups is 1. The summed E-state index contributed by atoms with van der Waals surface area (Å²) in [5.74, 6) is 1.27. The quantitative estimate of drug-likeness (QED) is 0.279. The Morgan fingerprint density at radius 1 is 1.27 bits per heavy atom. The number of carbonyl (C=O) groups is 1. The molecule has 0 spiro atoms. The van der Waals surface area contributed by atoms with Gasteiger partial charge < -0.3 is 15.1 Å². The molecule has 33 heavy (non-hydrogen) atoms. The van der Waals surface area contributed by atoms with Crippen LogP contribution in [-0.4, -0.2) is 54.9 Å². The van der Waals surface area contributed by atoms with Crippen LogP contribution in [0.1, 0.15) is 37.7 Å². The van der Waals surface area contributed by atoms with Crippen LogP contribution in [0.5, 0.6) is 0 Å². The second-order valence-corrected chi connectivity index (χ2v) is 9.64. The molecule has 0 aromatic heterocycles. The van der Waals surface area contributed by atoms with Gasteiger partial charge in [0.1, 0.15) is 0 Å². The number of amides is 1. The lowest BCUT2D eigenvalue weighted by atomic mass is 9.96. The van der Waals surface area contributed by atoms with Gasteiger partial charge in [-0.2, -0.15) is 10.4 Å². The molecule has 1 heterocycles. The third-order valence-corrected chi connectivity index (χ3v) is 7.40. The number of hydrogen-bond donors (Lipinski definition) is 2. The highest BCUT2D eigenvalue weighted by Crippen LogP contribution is 2.39. The van der Waals surface area contributed by atoms with Gasteiger partial charge in [-0.25, -0.2) is 5.43 Å². The number of nitriles is 1. The largest absolute Gasteiger partial charge is 0.374 e. The molecule has 1 aromatic rings. The van der Waals surface area contributed by atoms with Gasteiger partial charge in [0, 0.05) is 44.3 Å². The number of rotatable bonds is 7. The second-order valence-electron chi connectivity index (χ2n) is 9.25. The van der Waals surface area contributed by atoms with Crippen molar-refractivity contribution in [3.05, 3.63) is 42.0 Å². The van der Waals surface area contributed by atoms with Gasteiger partial charge in [0.2, 0.25) is 5.91 Å². The molecule has 2 aliphatic carbocycles. The number of fused-ring (bicyclic) bond motifs is 2. The first kappa shape index (κ1) is 23.2. The Hall–Kier alpha value is -2.92. The van der Waals surface area contributed by atoms with E-state index in [0.29, 0.717) is 24.9 Å². The van der Waals surface area contributed by atoms with Crippen LogP contribution in [0.3, 0.4) is 0 Å². The second kappa shape index (κ2) is 10.8. The zero-order valence-corrected chi connectivity index (χ0v) is 19.9. The summed E-state index contributed by atoms with van der Waals surface area (Å²) in [4.78, 5) is 16.8.